The van der Waals surface area contributed by atoms with Crippen LogP contribution in [0.5, 0.6) is 11.5 Å². The summed E-state index contributed by atoms with van der Waals surface area (Å²) in [6, 6.07) is 3.69. The zero-order valence-electron chi connectivity index (χ0n) is 13.8. The van der Waals surface area contributed by atoms with Gasteiger partial charge in [-0.05, 0) is 25.0 Å². The van der Waals surface area contributed by atoms with Crippen LogP contribution in [0.1, 0.15) is 12.8 Å². The van der Waals surface area contributed by atoms with E-state index in [4.69, 9.17) is 9.47 Å². The van der Waals surface area contributed by atoms with E-state index in [2.05, 4.69) is 11.9 Å². The summed E-state index contributed by atoms with van der Waals surface area (Å²) in [5.74, 6) is 0.458. The predicted molar refractivity (Wildman–Crippen MR) is 89.7 cm³/mol. The number of benzene rings is 1. The number of nitrogens with one attached hydrogen (secondary N) is 1. The lowest BCUT2D eigenvalue weighted by Crippen LogP contribution is -2.45. The van der Waals surface area contributed by atoms with E-state index in [1.165, 1.54) is 36.7 Å². The number of ether oxygens (including phenoxy) is 2. The van der Waals surface area contributed by atoms with E-state index in [1.54, 1.807) is 6.08 Å². The molecule has 132 valence electrons. The first-order chi connectivity index (χ1) is 11.5. The molecule has 1 N–H and O–H groups in total. The minimum Gasteiger partial charge on any atom is -0.493 e. The van der Waals surface area contributed by atoms with Crippen LogP contribution in [0.4, 0.5) is 0 Å². The first kappa shape index (κ1) is 18.3. The smallest absolute Gasteiger partial charge is 0.243 e. The van der Waals surface area contributed by atoms with Crippen LogP contribution in [0.25, 0.3) is 0 Å². The van der Waals surface area contributed by atoms with Crippen LogP contribution in [-0.4, -0.2) is 52.0 Å². The average Bonchev–Trinajstić information content (AvgIpc) is 3.09. The third-order valence-corrected chi connectivity index (χ3v) is 5.79. The van der Waals surface area contributed by atoms with Crippen molar-refractivity contribution in [3.8, 4) is 11.5 Å². The highest BCUT2D eigenvalue weighted by atomic mass is 32.2. The molecule has 2 rings (SSSR count). The maximum absolute atomic E-state index is 12.9. The van der Waals surface area contributed by atoms with Crippen molar-refractivity contribution >= 4 is 15.9 Å². The second kappa shape index (κ2) is 7.67. The maximum Gasteiger partial charge on any atom is 0.243 e. The molecule has 24 heavy (non-hydrogen) atoms. The average molecular weight is 354 g/mol. The molecule has 1 saturated heterocycles. The van der Waals surface area contributed by atoms with Gasteiger partial charge in [-0.1, -0.05) is 6.08 Å². The number of amides is 1. The number of hydrogen-bond acceptors (Lipinski definition) is 5. The Morgan fingerprint density at radius 1 is 1.38 bits per heavy atom. The lowest BCUT2D eigenvalue weighted by atomic mass is 10.2. The summed E-state index contributed by atoms with van der Waals surface area (Å²) in [5, 5.41) is 2.66. The molecular formula is C16H22N2O5S. The van der Waals surface area contributed by atoms with Crippen molar-refractivity contribution in [2.75, 3.05) is 27.3 Å². The normalized spacial score (nSPS) is 18.2. The summed E-state index contributed by atoms with van der Waals surface area (Å²) < 4.78 is 37.4. The lowest BCUT2D eigenvalue weighted by molar-refractivity contribution is -0.123. The van der Waals surface area contributed by atoms with Crippen LogP contribution >= 0.6 is 0 Å². The molecule has 0 bridgehead atoms. The second-order valence-corrected chi connectivity index (χ2v) is 7.21. The van der Waals surface area contributed by atoms with Crippen molar-refractivity contribution < 1.29 is 22.7 Å². The Morgan fingerprint density at radius 2 is 2.08 bits per heavy atom. The monoisotopic (exact) mass is 354 g/mol. The summed E-state index contributed by atoms with van der Waals surface area (Å²) in [6.45, 7) is 4.15. The van der Waals surface area contributed by atoms with E-state index >= 15 is 0 Å². The third kappa shape index (κ3) is 3.54. The molecular weight excluding hydrogens is 332 g/mol. The number of methoxy groups -OCH3 is 2. The summed E-state index contributed by atoms with van der Waals surface area (Å²) in [6.07, 6.45) is 2.69. The third-order valence-electron chi connectivity index (χ3n) is 3.89. The van der Waals surface area contributed by atoms with Crippen LogP contribution in [0.15, 0.2) is 35.7 Å². The fourth-order valence-corrected chi connectivity index (χ4v) is 4.37. The standard InChI is InChI=1S/C16H22N2O5S/c1-4-9-17-16(19)13-6-5-10-18(13)24(20,21)12-7-8-14(22-2)15(11-12)23-3/h4,7-8,11,13H,1,5-6,9-10H2,2-3H3,(H,17,19). The van der Waals surface area contributed by atoms with Crippen molar-refractivity contribution in [3.63, 3.8) is 0 Å². The molecule has 1 amide bonds. The topological polar surface area (TPSA) is 84.9 Å². The first-order valence-corrected chi connectivity index (χ1v) is 9.02. The summed E-state index contributed by atoms with van der Waals surface area (Å²) >= 11 is 0. The van der Waals surface area contributed by atoms with Crippen molar-refractivity contribution in [2.45, 2.75) is 23.8 Å². The van der Waals surface area contributed by atoms with Crippen molar-refractivity contribution in [1.82, 2.24) is 9.62 Å². The Bertz CT molecular complexity index is 717. The Kier molecular flexibility index (Phi) is 5.84. The number of carbonyl (C=O) groups excluding carboxylic acids is 1. The van der Waals surface area contributed by atoms with Crippen molar-refractivity contribution in [2.24, 2.45) is 0 Å². The van der Waals surface area contributed by atoms with Gasteiger partial charge in [-0.25, -0.2) is 8.42 Å². The van der Waals surface area contributed by atoms with E-state index in [9.17, 15) is 13.2 Å². The maximum atomic E-state index is 12.9. The molecule has 1 aliphatic rings. The fourth-order valence-electron chi connectivity index (χ4n) is 2.69. The first-order valence-electron chi connectivity index (χ1n) is 7.58. The van der Waals surface area contributed by atoms with Crippen LogP contribution in [0.3, 0.4) is 0 Å². The minimum atomic E-state index is -3.80. The van der Waals surface area contributed by atoms with Crippen LogP contribution in [-0.2, 0) is 14.8 Å². The van der Waals surface area contributed by atoms with Crippen LogP contribution in [0, 0.1) is 0 Å². The second-order valence-electron chi connectivity index (χ2n) is 5.32. The van der Waals surface area contributed by atoms with Gasteiger partial charge < -0.3 is 14.8 Å². The van der Waals surface area contributed by atoms with Gasteiger partial charge in [-0.2, -0.15) is 4.31 Å². The number of nitrogens with zero attached hydrogens (tertiary/aromatic N) is 1. The Labute approximate surface area is 142 Å². The molecule has 1 aromatic carbocycles. The largest absolute Gasteiger partial charge is 0.493 e. The zero-order chi connectivity index (χ0) is 17.7. The number of rotatable bonds is 7. The van der Waals surface area contributed by atoms with Gasteiger partial charge in [0.2, 0.25) is 15.9 Å². The van der Waals surface area contributed by atoms with Gasteiger partial charge in [0, 0.05) is 19.2 Å². The molecule has 0 radical (unpaired) electrons. The Hall–Kier alpha value is -2.06. The molecule has 7 nitrogen and oxygen atoms in total. The molecule has 8 heteroatoms. The summed E-state index contributed by atoms with van der Waals surface area (Å²) in [7, 11) is -0.886. The highest BCUT2D eigenvalue weighted by Gasteiger charge is 2.39. The molecule has 1 heterocycles. The molecule has 1 unspecified atom stereocenters. The van der Waals surface area contributed by atoms with Gasteiger partial charge >= 0.3 is 0 Å². The molecule has 0 aliphatic carbocycles. The molecule has 0 spiro atoms. The van der Waals surface area contributed by atoms with E-state index < -0.39 is 16.1 Å². The van der Waals surface area contributed by atoms with Gasteiger partial charge in [0.25, 0.3) is 0 Å². The molecule has 1 atom stereocenters. The molecule has 1 aliphatic heterocycles. The summed E-state index contributed by atoms with van der Waals surface area (Å²) in [5.41, 5.74) is 0. The van der Waals surface area contributed by atoms with E-state index in [1.807, 2.05) is 0 Å². The van der Waals surface area contributed by atoms with Crippen molar-refractivity contribution in [3.05, 3.63) is 30.9 Å². The predicted octanol–water partition coefficient (Wildman–Crippen LogP) is 1.16. The van der Waals surface area contributed by atoms with Gasteiger partial charge in [0.05, 0.1) is 19.1 Å². The van der Waals surface area contributed by atoms with Gasteiger partial charge in [-0.3, -0.25) is 4.79 Å². The molecule has 0 aromatic heterocycles. The number of sulfonamides is 1. The molecule has 1 fully saturated rings. The van der Waals surface area contributed by atoms with Crippen molar-refractivity contribution in [1.29, 1.82) is 0 Å². The molecule has 0 saturated carbocycles. The number of hydrogen-bond donors (Lipinski definition) is 1. The van der Waals surface area contributed by atoms with Gasteiger partial charge in [0.1, 0.15) is 6.04 Å². The SMILES string of the molecule is C=CCNC(=O)C1CCCN1S(=O)(=O)c1ccc(OC)c(OC)c1. The van der Waals surface area contributed by atoms with Crippen LogP contribution in [0.2, 0.25) is 0 Å². The molecule has 1 aromatic rings. The minimum absolute atomic E-state index is 0.0728. The number of carbonyl (C=O) groups is 1. The van der Waals surface area contributed by atoms with E-state index in [-0.39, 0.29) is 10.8 Å². The van der Waals surface area contributed by atoms with Crippen LogP contribution < -0.4 is 14.8 Å². The lowest BCUT2D eigenvalue weighted by Gasteiger charge is -2.23. The van der Waals surface area contributed by atoms with E-state index in [0.717, 1.165) is 0 Å². The van der Waals surface area contributed by atoms with Gasteiger partial charge in [0.15, 0.2) is 11.5 Å². The zero-order valence-corrected chi connectivity index (χ0v) is 14.6. The Morgan fingerprint density at radius 3 is 2.71 bits per heavy atom. The Balaban J connectivity index is 2.31. The fraction of sp³-hybridized carbons (Fsp3) is 0.438. The summed E-state index contributed by atoms with van der Waals surface area (Å²) in [4.78, 5) is 12.3. The van der Waals surface area contributed by atoms with Gasteiger partial charge in [-0.15, -0.1) is 6.58 Å². The van der Waals surface area contributed by atoms with E-state index in [0.29, 0.717) is 37.4 Å². The quantitative estimate of drug-likeness (QED) is 0.743. The highest BCUT2D eigenvalue weighted by Crippen LogP contribution is 2.33. The highest BCUT2D eigenvalue weighted by molar-refractivity contribution is 7.89.